The maximum atomic E-state index is 13.1. The molecule has 0 aliphatic heterocycles. The molecule has 2 aromatic carbocycles. The number of rotatable bonds is 9. The Morgan fingerprint density at radius 3 is 2.58 bits per heavy atom. The van der Waals surface area contributed by atoms with E-state index in [4.69, 9.17) is 0 Å². The Kier molecular flexibility index (Phi) is 7.31. The smallest absolute Gasteiger partial charge is 0.238 e. The summed E-state index contributed by atoms with van der Waals surface area (Å²) in [4.78, 5) is 25.7. The topological polar surface area (TPSA) is 67.2 Å². The molecule has 1 amide bonds. The molecule has 1 heterocycles. The first-order valence-electron chi connectivity index (χ1n) is 10.2. The Labute approximate surface area is 181 Å². The highest BCUT2D eigenvalue weighted by atomic mass is 19.1. The molecule has 0 spiro atoms. The van der Waals surface area contributed by atoms with E-state index in [1.54, 1.807) is 41.1 Å². The Morgan fingerprint density at radius 1 is 1.13 bits per heavy atom. The molecule has 0 radical (unpaired) electrons. The zero-order valence-corrected chi connectivity index (χ0v) is 18.1. The van der Waals surface area contributed by atoms with Gasteiger partial charge in [-0.3, -0.25) is 19.2 Å². The molecule has 1 N–H and O–H groups in total. The first-order chi connectivity index (χ1) is 14.8. The van der Waals surface area contributed by atoms with Crippen LogP contribution in [0.5, 0.6) is 0 Å². The van der Waals surface area contributed by atoms with Gasteiger partial charge in [-0.05, 0) is 81.4 Å². The van der Waals surface area contributed by atoms with E-state index in [0.717, 1.165) is 36.3 Å². The number of aryl methyl sites for hydroxylation is 2. The van der Waals surface area contributed by atoms with Crippen LogP contribution in [0, 0.1) is 5.82 Å². The molecule has 0 aliphatic rings. The highest BCUT2D eigenvalue weighted by Gasteiger charge is 2.10. The molecule has 0 saturated heterocycles. The largest absolute Gasteiger partial charge is 0.325 e. The number of carbonyl (C=O) groups is 2. The molecule has 1 aromatic heterocycles. The van der Waals surface area contributed by atoms with Gasteiger partial charge in [0, 0.05) is 18.3 Å². The van der Waals surface area contributed by atoms with Crippen LogP contribution in [0.15, 0.2) is 54.6 Å². The Hall–Kier alpha value is -3.32. The quantitative estimate of drug-likeness (QED) is 0.531. The summed E-state index contributed by atoms with van der Waals surface area (Å²) in [5.41, 5.74) is 4.01. The van der Waals surface area contributed by atoms with Crippen LogP contribution in [0.25, 0.3) is 11.3 Å². The minimum atomic E-state index is -0.259. The third-order valence-corrected chi connectivity index (χ3v) is 5.01. The number of likely N-dealkylation sites (N-methyl/N-ethyl adjacent to an activating group) is 1. The molecule has 0 unspecified atom stereocenters. The van der Waals surface area contributed by atoms with Crippen molar-refractivity contribution in [2.45, 2.75) is 19.8 Å². The van der Waals surface area contributed by atoms with Gasteiger partial charge in [0.05, 0.1) is 17.9 Å². The van der Waals surface area contributed by atoms with Gasteiger partial charge in [-0.25, -0.2) is 4.39 Å². The fourth-order valence-corrected chi connectivity index (χ4v) is 3.41. The maximum Gasteiger partial charge on any atom is 0.238 e. The lowest BCUT2D eigenvalue weighted by atomic mass is 10.1. The van der Waals surface area contributed by atoms with Gasteiger partial charge >= 0.3 is 0 Å². The molecule has 0 atom stereocenters. The van der Waals surface area contributed by atoms with E-state index in [-0.39, 0.29) is 24.1 Å². The number of amides is 1. The average Bonchev–Trinajstić information content (AvgIpc) is 3.09. The zero-order valence-electron chi connectivity index (χ0n) is 18.1. The minimum absolute atomic E-state index is 0.0367. The van der Waals surface area contributed by atoms with Crippen molar-refractivity contribution in [3.63, 3.8) is 0 Å². The zero-order chi connectivity index (χ0) is 22.4. The van der Waals surface area contributed by atoms with Crippen molar-refractivity contribution >= 4 is 17.4 Å². The molecule has 0 fully saturated rings. The minimum Gasteiger partial charge on any atom is -0.325 e. The second-order valence-corrected chi connectivity index (χ2v) is 7.68. The van der Waals surface area contributed by atoms with E-state index >= 15 is 0 Å². The Balaban J connectivity index is 1.47. The summed E-state index contributed by atoms with van der Waals surface area (Å²) in [6.45, 7) is 2.50. The fourth-order valence-electron chi connectivity index (χ4n) is 3.41. The third-order valence-electron chi connectivity index (χ3n) is 5.01. The van der Waals surface area contributed by atoms with E-state index in [1.165, 1.54) is 19.1 Å². The second-order valence-electron chi connectivity index (χ2n) is 7.68. The summed E-state index contributed by atoms with van der Waals surface area (Å²) in [5, 5.41) is 7.38. The number of halogens is 1. The lowest BCUT2D eigenvalue weighted by Gasteiger charge is -2.16. The van der Waals surface area contributed by atoms with Crippen molar-refractivity contribution in [3.05, 3.63) is 71.7 Å². The standard InChI is InChI=1S/C24H27FN4O2/c1-17(30)19-6-4-7-21(14-19)26-24(31)16-28(2)13-5-8-22-15-23(29(3)27-22)18-9-11-20(25)12-10-18/h4,6-7,9-12,14-15H,5,8,13,16H2,1-3H3,(H,26,31). The van der Waals surface area contributed by atoms with Gasteiger partial charge in [-0.2, -0.15) is 5.10 Å². The van der Waals surface area contributed by atoms with Gasteiger partial charge in [-0.15, -0.1) is 0 Å². The van der Waals surface area contributed by atoms with Crippen molar-refractivity contribution in [1.82, 2.24) is 14.7 Å². The third kappa shape index (κ3) is 6.33. The summed E-state index contributed by atoms with van der Waals surface area (Å²) in [6, 6.07) is 15.3. The number of Topliss-reactive ketones (excluding diaryl/α,β-unsaturated/α-hetero) is 1. The van der Waals surface area contributed by atoms with Crippen molar-refractivity contribution in [3.8, 4) is 11.3 Å². The predicted octanol–water partition coefficient (Wildman–Crippen LogP) is 3.93. The first kappa shape index (κ1) is 22.4. The number of benzene rings is 2. The number of anilines is 1. The molecule has 0 saturated carbocycles. The second kappa shape index (κ2) is 10.1. The average molecular weight is 423 g/mol. The Morgan fingerprint density at radius 2 is 1.87 bits per heavy atom. The number of aromatic nitrogens is 2. The lowest BCUT2D eigenvalue weighted by molar-refractivity contribution is -0.117. The SMILES string of the molecule is CC(=O)c1cccc(NC(=O)CN(C)CCCc2cc(-c3ccc(F)cc3)n(C)n2)c1. The summed E-state index contributed by atoms with van der Waals surface area (Å²) in [6.07, 6.45) is 1.63. The highest BCUT2D eigenvalue weighted by molar-refractivity contribution is 5.97. The summed E-state index contributed by atoms with van der Waals surface area (Å²) >= 11 is 0. The van der Waals surface area contributed by atoms with Crippen molar-refractivity contribution < 1.29 is 14.0 Å². The molecule has 31 heavy (non-hydrogen) atoms. The van der Waals surface area contributed by atoms with Crippen LogP contribution in [0.1, 0.15) is 29.4 Å². The van der Waals surface area contributed by atoms with Crippen molar-refractivity contribution in [1.29, 1.82) is 0 Å². The summed E-state index contributed by atoms with van der Waals surface area (Å²) in [5.74, 6) is -0.422. The highest BCUT2D eigenvalue weighted by Crippen LogP contribution is 2.21. The number of carbonyl (C=O) groups excluding carboxylic acids is 2. The van der Waals surface area contributed by atoms with Gasteiger partial charge in [0.15, 0.2) is 5.78 Å². The molecule has 7 heteroatoms. The van der Waals surface area contributed by atoms with Crippen LogP contribution in [0.3, 0.4) is 0 Å². The molecule has 0 aliphatic carbocycles. The first-order valence-corrected chi connectivity index (χ1v) is 10.2. The number of nitrogens with zero attached hydrogens (tertiary/aromatic N) is 3. The van der Waals surface area contributed by atoms with Crippen LogP contribution in [0.2, 0.25) is 0 Å². The van der Waals surface area contributed by atoms with Crippen LogP contribution in [0.4, 0.5) is 10.1 Å². The normalized spacial score (nSPS) is 11.0. The van der Waals surface area contributed by atoms with Gasteiger partial charge in [0.1, 0.15) is 5.82 Å². The maximum absolute atomic E-state index is 13.1. The molecule has 0 bridgehead atoms. The predicted molar refractivity (Wildman–Crippen MR) is 119 cm³/mol. The fraction of sp³-hybridized carbons (Fsp3) is 0.292. The molecule has 3 rings (SSSR count). The molecular weight excluding hydrogens is 395 g/mol. The summed E-state index contributed by atoms with van der Waals surface area (Å²) in [7, 11) is 3.77. The van der Waals surface area contributed by atoms with E-state index < -0.39 is 0 Å². The van der Waals surface area contributed by atoms with Gasteiger partial charge < -0.3 is 5.32 Å². The summed E-state index contributed by atoms with van der Waals surface area (Å²) < 4.78 is 14.9. The van der Waals surface area contributed by atoms with E-state index in [9.17, 15) is 14.0 Å². The van der Waals surface area contributed by atoms with E-state index in [1.807, 2.05) is 25.1 Å². The van der Waals surface area contributed by atoms with Gasteiger partial charge in [0.25, 0.3) is 0 Å². The molecule has 3 aromatic rings. The lowest BCUT2D eigenvalue weighted by Crippen LogP contribution is -2.31. The molecule has 162 valence electrons. The van der Waals surface area contributed by atoms with Gasteiger partial charge in [0.2, 0.25) is 5.91 Å². The number of nitrogens with one attached hydrogen (secondary N) is 1. The van der Waals surface area contributed by atoms with Crippen LogP contribution in [-0.4, -0.2) is 46.5 Å². The van der Waals surface area contributed by atoms with E-state index in [2.05, 4.69) is 10.4 Å². The Bertz CT molecular complexity index is 1060. The molecular formula is C24H27FN4O2. The number of hydrogen-bond acceptors (Lipinski definition) is 4. The van der Waals surface area contributed by atoms with Crippen LogP contribution < -0.4 is 5.32 Å². The van der Waals surface area contributed by atoms with Gasteiger partial charge in [-0.1, -0.05) is 12.1 Å². The molecule has 6 nitrogen and oxygen atoms in total. The number of ketones is 1. The van der Waals surface area contributed by atoms with Crippen molar-refractivity contribution in [2.24, 2.45) is 7.05 Å². The van der Waals surface area contributed by atoms with Crippen LogP contribution in [-0.2, 0) is 18.3 Å². The van der Waals surface area contributed by atoms with E-state index in [0.29, 0.717) is 11.3 Å². The van der Waals surface area contributed by atoms with Crippen LogP contribution >= 0.6 is 0 Å². The monoisotopic (exact) mass is 422 g/mol. The number of hydrogen-bond donors (Lipinski definition) is 1. The van der Waals surface area contributed by atoms with Crippen molar-refractivity contribution in [2.75, 3.05) is 25.5 Å².